The van der Waals surface area contributed by atoms with Gasteiger partial charge in [-0.25, -0.2) is 0 Å². The van der Waals surface area contributed by atoms with Crippen molar-refractivity contribution in [3.8, 4) is 28.7 Å². The van der Waals surface area contributed by atoms with Crippen molar-refractivity contribution in [2.45, 2.75) is 57.3 Å². The minimum absolute atomic E-state index is 0.246. The van der Waals surface area contributed by atoms with E-state index in [-0.39, 0.29) is 11.1 Å². The molecule has 1 fully saturated rings. The zero-order valence-electron chi connectivity index (χ0n) is 21.6. The molecule has 2 aliphatic rings. The largest absolute Gasteiger partial charge is 0.493 e. The van der Waals surface area contributed by atoms with E-state index in [1.807, 2.05) is 38.1 Å². The lowest BCUT2D eigenvalue weighted by Crippen LogP contribution is -2.38. The topological polar surface area (TPSA) is 109 Å². The van der Waals surface area contributed by atoms with Gasteiger partial charge in [0.15, 0.2) is 11.5 Å². The normalized spacial score (nSPS) is 20.5. The molecule has 2 aromatic rings. The van der Waals surface area contributed by atoms with Gasteiger partial charge in [-0.3, -0.25) is 19.7 Å². The lowest BCUT2D eigenvalue weighted by atomic mass is 9.87. The molecule has 2 amide bonds. The Balaban J connectivity index is 1.41. The van der Waals surface area contributed by atoms with E-state index < -0.39 is 16.8 Å². The van der Waals surface area contributed by atoms with Crippen LogP contribution in [0.5, 0.6) is 28.7 Å². The van der Waals surface area contributed by atoms with Gasteiger partial charge in [-0.15, -0.1) is 0 Å². The fourth-order valence-corrected chi connectivity index (χ4v) is 5.44. The van der Waals surface area contributed by atoms with Crippen molar-refractivity contribution in [2.24, 2.45) is 0 Å². The number of hydrogen-bond acceptors (Lipinski definition) is 9. The quantitative estimate of drug-likeness (QED) is 0.374. The summed E-state index contributed by atoms with van der Waals surface area (Å²) in [6, 6.07) is 7.53. The van der Waals surface area contributed by atoms with Gasteiger partial charge in [0.05, 0.1) is 26.1 Å². The molecule has 0 saturated carbocycles. The first kappa shape index (κ1) is 26.7. The van der Waals surface area contributed by atoms with Crippen molar-refractivity contribution < 1.29 is 38.1 Å². The highest BCUT2D eigenvalue weighted by molar-refractivity contribution is 8.15. The standard InChI is InChI=1S/C27H31NO8S/c1-15-19-10-11-27(3,36-22(19)24(33-5)23(32-4)21(15)35-16(2)29)12-13-34-18-8-6-17(7-9-18)14-20-25(30)28-26(31)37-20/h6-9,20H,10-14H2,1-5H3,(H,28,30,31). The number of methoxy groups -OCH3 is 2. The number of carbonyl (C=O) groups is 3. The first-order chi connectivity index (χ1) is 17.6. The predicted octanol–water partition coefficient (Wildman–Crippen LogP) is 4.38. The molecule has 2 aromatic carbocycles. The molecule has 2 heterocycles. The average molecular weight is 530 g/mol. The SMILES string of the molecule is COc1c(OC(C)=O)c(C)c2c(c1OC)OC(C)(CCOc1ccc(CC3SC(=O)NC3=O)cc1)CC2. The maximum atomic E-state index is 11.8. The molecular formula is C27H31NO8S. The summed E-state index contributed by atoms with van der Waals surface area (Å²) >= 11 is 1.02. The van der Waals surface area contributed by atoms with Crippen LogP contribution in [0.3, 0.4) is 0 Å². The molecule has 2 atom stereocenters. The highest BCUT2D eigenvalue weighted by Crippen LogP contribution is 2.53. The second-order valence-corrected chi connectivity index (χ2v) is 10.5. The van der Waals surface area contributed by atoms with E-state index in [1.165, 1.54) is 21.1 Å². The number of thioether (sulfide) groups is 1. The lowest BCUT2D eigenvalue weighted by Gasteiger charge is -2.37. The fraction of sp³-hybridized carbons (Fsp3) is 0.444. The third-order valence-corrected chi connectivity index (χ3v) is 7.58. The maximum Gasteiger partial charge on any atom is 0.308 e. The fourth-order valence-electron chi connectivity index (χ4n) is 4.58. The molecule has 0 bridgehead atoms. The molecule has 10 heteroatoms. The van der Waals surface area contributed by atoms with Crippen LogP contribution in [0.4, 0.5) is 4.79 Å². The van der Waals surface area contributed by atoms with Gasteiger partial charge in [0.1, 0.15) is 11.4 Å². The molecule has 0 aromatic heterocycles. The van der Waals surface area contributed by atoms with Gasteiger partial charge in [0.2, 0.25) is 17.4 Å². The summed E-state index contributed by atoms with van der Waals surface area (Å²) in [4.78, 5) is 34.8. The summed E-state index contributed by atoms with van der Waals surface area (Å²) in [6.45, 7) is 5.70. The van der Waals surface area contributed by atoms with Gasteiger partial charge < -0.3 is 23.7 Å². The zero-order chi connectivity index (χ0) is 26.7. The Morgan fingerprint density at radius 2 is 1.84 bits per heavy atom. The van der Waals surface area contributed by atoms with Crippen molar-refractivity contribution in [1.29, 1.82) is 0 Å². The molecule has 2 unspecified atom stereocenters. The van der Waals surface area contributed by atoms with E-state index in [2.05, 4.69) is 5.32 Å². The van der Waals surface area contributed by atoms with Gasteiger partial charge in [0, 0.05) is 24.5 Å². The summed E-state index contributed by atoms with van der Waals surface area (Å²) in [7, 11) is 3.03. The average Bonchev–Trinajstić information content (AvgIpc) is 3.17. The Morgan fingerprint density at radius 3 is 2.43 bits per heavy atom. The van der Waals surface area contributed by atoms with Gasteiger partial charge in [-0.05, 0) is 50.8 Å². The van der Waals surface area contributed by atoms with Crippen molar-refractivity contribution in [3.05, 3.63) is 41.0 Å². The van der Waals surface area contributed by atoms with Gasteiger partial charge >= 0.3 is 5.97 Å². The number of imide groups is 1. The van der Waals surface area contributed by atoms with Crippen molar-refractivity contribution in [2.75, 3.05) is 20.8 Å². The van der Waals surface area contributed by atoms with E-state index in [9.17, 15) is 14.4 Å². The molecule has 1 N–H and O–H groups in total. The van der Waals surface area contributed by atoms with E-state index >= 15 is 0 Å². The Morgan fingerprint density at radius 1 is 1.14 bits per heavy atom. The minimum Gasteiger partial charge on any atom is -0.493 e. The van der Waals surface area contributed by atoms with Crippen LogP contribution >= 0.6 is 11.8 Å². The van der Waals surface area contributed by atoms with Gasteiger partial charge in [-0.2, -0.15) is 0 Å². The van der Waals surface area contributed by atoms with E-state index in [1.54, 1.807) is 0 Å². The molecule has 4 rings (SSSR count). The molecular weight excluding hydrogens is 498 g/mol. The zero-order valence-corrected chi connectivity index (χ0v) is 22.4. The molecule has 0 aliphatic carbocycles. The van der Waals surface area contributed by atoms with Crippen LogP contribution in [0, 0.1) is 6.92 Å². The minimum atomic E-state index is -0.500. The third kappa shape index (κ3) is 5.79. The number of fused-ring (bicyclic) bond motifs is 1. The van der Waals surface area contributed by atoms with Gasteiger partial charge in [-0.1, -0.05) is 23.9 Å². The number of amides is 2. The molecule has 2 aliphatic heterocycles. The van der Waals surface area contributed by atoms with E-state index in [0.29, 0.717) is 48.2 Å². The Labute approximate surface area is 220 Å². The molecule has 0 spiro atoms. The smallest absolute Gasteiger partial charge is 0.308 e. The van der Waals surface area contributed by atoms with Crippen LogP contribution in [0.1, 0.15) is 43.4 Å². The Hall–Kier alpha value is -3.40. The molecule has 1 saturated heterocycles. The molecule has 9 nitrogen and oxygen atoms in total. The van der Waals surface area contributed by atoms with Crippen LogP contribution in [-0.4, -0.2) is 48.8 Å². The second kappa shape index (κ2) is 10.9. The molecule has 198 valence electrons. The maximum absolute atomic E-state index is 11.8. The number of hydrogen-bond donors (Lipinski definition) is 1. The van der Waals surface area contributed by atoms with Crippen molar-refractivity contribution in [1.82, 2.24) is 5.32 Å². The Bertz CT molecular complexity index is 1210. The number of esters is 1. The number of ether oxygens (including phenoxy) is 5. The van der Waals surface area contributed by atoms with Crippen LogP contribution in [0.2, 0.25) is 0 Å². The van der Waals surface area contributed by atoms with Crippen molar-refractivity contribution >= 4 is 28.9 Å². The molecule has 0 radical (unpaired) electrons. The Kier molecular flexibility index (Phi) is 7.87. The first-order valence-corrected chi connectivity index (χ1v) is 12.9. The summed E-state index contributed by atoms with van der Waals surface area (Å²) < 4.78 is 29.1. The number of carbonyl (C=O) groups excluding carboxylic acids is 3. The molecule has 37 heavy (non-hydrogen) atoms. The second-order valence-electron chi connectivity index (χ2n) is 9.30. The number of benzene rings is 2. The summed E-state index contributed by atoms with van der Waals surface area (Å²) in [5.74, 6) is 1.70. The van der Waals surface area contributed by atoms with E-state index in [0.717, 1.165) is 41.3 Å². The van der Waals surface area contributed by atoms with Crippen LogP contribution in [-0.2, 0) is 22.4 Å². The third-order valence-electron chi connectivity index (χ3n) is 6.60. The monoisotopic (exact) mass is 529 g/mol. The van der Waals surface area contributed by atoms with Crippen LogP contribution in [0.25, 0.3) is 0 Å². The summed E-state index contributed by atoms with van der Waals surface area (Å²) in [6.07, 6.45) is 2.58. The van der Waals surface area contributed by atoms with Crippen molar-refractivity contribution in [3.63, 3.8) is 0 Å². The lowest BCUT2D eigenvalue weighted by molar-refractivity contribution is -0.132. The van der Waals surface area contributed by atoms with Crippen LogP contribution < -0.4 is 29.0 Å². The highest BCUT2D eigenvalue weighted by Gasteiger charge is 2.37. The summed E-state index contributed by atoms with van der Waals surface area (Å²) in [5.41, 5.74) is 2.18. The highest BCUT2D eigenvalue weighted by atomic mass is 32.2. The van der Waals surface area contributed by atoms with Gasteiger partial charge in [0.25, 0.3) is 5.24 Å². The number of nitrogens with one attached hydrogen (secondary N) is 1. The van der Waals surface area contributed by atoms with Crippen LogP contribution in [0.15, 0.2) is 24.3 Å². The number of rotatable bonds is 9. The van der Waals surface area contributed by atoms with E-state index in [4.69, 9.17) is 23.7 Å². The first-order valence-electron chi connectivity index (χ1n) is 12.0. The summed E-state index contributed by atoms with van der Waals surface area (Å²) in [5, 5.41) is 1.62. The predicted molar refractivity (Wildman–Crippen MR) is 138 cm³/mol.